The van der Waals surface area contributed by atoms with Gasteiger partial charge in [0.25, 0.3) is 5.91 Å². The molecule has 112 valence electrons. The molecule has 0 saturated carbocycles. The Morgan fingerprint density at radius 2 is 2.20 bits per heavy atom. The Balaban J connectivity index is 2.01. The number of nitrogens with one attached hydrogen (secondary N) is 1. The number of nitrogens with zero attached hydrogens (tertiary/aromatic N) is 4. The van der Waals surface area contributed by atoms with Gasteiger partial charge in [-0.3, -0.25) is 9.89 Å². The van der Waals surface area contributed by atoms with E-state index >= 15 is 0 Å². The van der Waals surface area contributed by atoms with E-state index in [0.717, 1.165) is 25.3 Å². The monoisotopic (exact) mass is 279 g/mol. The molecule has 0 aromatic carbocycles. The van der Waals surface area contributed by atoms with E-state index in [1.165, 1.54) is 6.42 Å². The summed E-state index contributed by atoms with van der Waals surface area (Å²) >= 11 is 0. The molecule has 1 atom stereocenters. The van der Waals surface area contributed by atoms with E-state index in [1.807, 2.05) is 27.8 Å². The van der Waals surface area contributed by atoms with Gasteiger partial charge in [-0.25, -0.2) is 4.98 Å². The largest absolute Gasteiger partial charge is 0.337 e. The number of amides is 1. The van der Waals surface area contributed by atoms with E-state index in [2.05, 4.69) is 27.1 Å². The molecule has 1 aromatic heterocycles. The Kier molecular flexibility index (Phi) is 4.13. The van der Waals surface area contributed by atoms with Gasteiger partial charge in [0.2, 0.25) is 5.82 Å². The van der Waals surface area contributed by atoms with Crippen molar-refractivity contribution in [3.63, 3.8) is 0 Å². The molecule has 1 aliphatic rings. The maximum Gasteiger partial charge on any atom is 0.293 e. The van der Waals surface area contributed by atoms with Gasteiger partial charge < -0.3 is 9.80 Å². The minimum Gasteiger partial charge on any atom is -0.337 e. The molecule has 6 nitrogen and oxygen atoms in total. The third-order valence-electron chi connectivity index (χ3n) is 3.89. The summed E-state index contributed by atoms with van der Waals surface area (Å²) in [6.07, 6.45) is 2.35. The number of rotatable bonds is 3. The van der Waals surface area contributed by atoms with Crippen LogP contribution in [0.25, 0.3) is 0 Å². The minimum atomic E-state index is -0.129. The van der Waals surface area contributed by atoms with E-state index in [0.29, 0.717) is 6.04 Å². The van der Waals surface area contributed by atoms with Gasteiger partial charge in [0.1, 0.15) is 5.82 Å². The zero-order valence-electron chi connectivity index (χ0n) is 13.1. The van der Waals surface area contributed by atoms with Crippen LogP contribution in [0.3, 0.4) is 0 Å². The van der Waals surface area contributed by atoms with Crippen molar-refractivity contribution < 1.29 is 4.79 Å². The molecule has 20 heavy (non-hydrogen) atoms. The summed E-state index contributed by atoms with van der Waals surface area (Å²) in [5.74, 6) is 0.891. The van der Waals surface area contributed by atoms with Gasteiger partial charge in [0.05, 0.1) is 0 Å². The normalized spacial score (nSPS) is 20.4. The van der Waals surface area contributed by atoms with Gasteiger partial charge in [0.15, 0.2) is 0 Å². The smallest absolute Gasteiger partial charge is 0.293 e. The molecular formula is C14H25N5O. The van der Waals surface area contributed by atoms with Crippen molar-refractivity contribution in [2.24, 2.45) is 0 Å². The number of hydrogen-bond acceptors (Lipinski definition) is 4. The van der Waals surface area contributed by atoms with Gasteiger partial charge in [-0.1, -0.05) is 20.8 Å². The molecule has 0 spiro atoms. The molecule has 0 bridgehead atoms. The van der Waals surface area contributed by atoms with E-state index in [1.54, 1.807) is 4.90 Å². The predicted molar refractivity (Wildman–Crippen MR) is 77.7 cm³/mol. The molecule has 6 heteroatoms. The number of likely N-dealkylation sites (tertiary alicyclic amines) is 1. The molecule has 1 amide bonds. The van der Waals surface area contributed by atoms with E-state index in [-0.39, 0.29) is 17.1 Å². The van der Waals surface area contributed by atoms with Crippen LogP contribution in [0.15, 0.2) is 0 Å². The summed E-state index contributed by atoms with van der Waals surface area (Å²) in [6.45, 7) is 7.97. The Labute approximate surface area is 120 Å². The fourth-order valence-electron chi connectivity index (χ4n) is 2.47. The Morgan fingerprint density at radius 1 is 1.50 bits per heavy atom. The first-order chi connectivity index (χ1) is 9.29. The lowest BCUT2D eigenvalue weighted by atomic mass is 9.96. The summed E-state index contributed by atoms with van der Waals surface area (Å²) in [4.78, 5) is 20.7. The third-order valence-corrected chi connectivity index (χ3v) is 3.89. The lowest BCUT2D eigenvalue weighted by Gasteiger charge is -2.25. The zero-order valence-corrected chi connectivity index (χ0v) is 13.1. The first-order valence-electron chi connectivity index (χ1n) is 7.17. The van der Waals surface area contributed by atoms with Gasteiger partial charge in [0, 0.05) is 25.0 Å². The first-order valence-corrected chi connectivity index (χ1v) is 7.17. The molecule has 1 saturated heterocycles. The maximum atomic E-state index is 12.3. The van der Waals surface area contributed by atoms with Gasteiger partial charge in [-0.15, -0.1) is 5.10 Å². The topological polar surface area (TPSA) is 65.1 Å². The molecule has 0 radical (unpaired) electrons. The van der Waals surface area contributed by atoms with Crippen LogP contribution in [0.5, 0.6) is 0 Å². The SMILES string of the molecule is CN(CC1CCCN1C)C(=O)c1n[nH]c(C(C)(C)C)n1. The van der Waals surface area contributed by atoms with Crippen LogP contribution >= 0.6 is 0 Å². The van der Waals surface area contributed by atoms with Crippen molar-refractivity contribution in [1.82, 2.24) is 25.0 Å². The number of carbonyl (C=O) groups excluding carboxylic acids is 1. The van der Waals surface area contributed by atoms with Crippen molar-refractivity contribution in [3.8, 4) is 0 Å². The second kappa shape index (κ2) is 5.52. The molecule has 2 heterocycles. The Bertz CT molecular complexity index is 476. The molecule has 1 N–H and O–H groups in total. The van der Waals surface area contributed by atoms with Gasteiger partial charge >= 0.3 is 0 Å². The Morgan fingerprint density at radius 3 is 2.70 bits per heavy atom. The fourth-order valence-corrected chi connectivity index (χ4v) is 2.47. The summed E-state index contributed by atoms with van der Waals surface area (Å²) < 4.78 is 0. The average Bonchev–Trinajstić information content (AvgIpc) is 2.97. The van der Waals surface area contributed by atoms with Crippen LogP contribution < -0.4 is 0 Å². The van der Waals surface area contributed by atoms with Crippen LogP contribution in [0.2, 0.25) is 0 Å². The van der Waals surface area contributed by atoms with Crippen molar-refractivity contribution in [2.45, 2.75) is 45.1 Å². The first kappa shape index (κ1) is 15.0. The summed E-state index contributed by atoms with van der Waals surface area (Å²) in [5.41, 5.74) is -0.129. The maximum absolute atomic E-state index is 12.3. The molecule has 1 aromatic rings. The lowest BCUT2D eigenvalue weighted by molar-refractivity contribution is 0.0750. The number of carbonyl (C=O) groups is 1. The van der Waals surface area contributed by atoms with Crippen molar-refractivity contribution in [1.29, 1.82) is 0 Å². The third kappa shape index (κ3) is 3.17. The Hall–Kier alpha value is -1.43. The van der Waals surface area contributed by atoms with E-state index < -0.39 is 0 Å². The van der Waals surface area contributed by atoms with E-state index in [4.69, 9.17) is 0 Å². The van der Waals surface area contributed by atoms with Crippen LogP contribution in [0, 0.1) is 0 Å². The second-order valence-electron chi connectivity index (χ2n) is 6.72. The summed E-state index contributed by atoms with van der Waals surface area (Å²) in [5, 5.41) is 6.92. The highest BCUT2D eigenvalue weighted by Gasteiger charge is 2.27. The van der Waals surface area contributed by atoms with Gasteiger partial charge in [-0.2, -0.15) is 0 Å². The molecule has 1 fully saturated rings. The number of aromatic amines is 1. The van der Waals surface area contributed by atoms with Crippen LogP contribution in [-0.2, 0) is 5.41 Å². The summed E-state index contributed by atoms with van der Waals surface area (Å²) in [7, 11) is 3.93. The number of hydrogen-bond donors (Lipinski definition) is 1. The van der Waals surface area contributed by atoms with Crippen LogP contribution in [0.1, 0.15) is 50.1 Å². The minimum absolute atomic E-state index is 0.114. The highest BCUT2D eigenvalue weighted by atomic mass is 16.2. The molecule has 1 aliphatic heterocycles. The zero-order chi connectivity index (χ0) is 14.9. The second-order valence-corrected chi connectivity index (χ2v) is 6.72. The van der Waals surface area contributed by atoms with Crippen molar-refractivity contribution in [2.75, 3.05) is 27.2 Å². The highest BCUT2D eigenvalue weighted by molar-refractivity contribution is 5.90. The fraction of sp³-hybridized carbons (Fsp3) is 0.786. The molecule has 1 unspecified atom stereocenters. The van der Waals surface area contributed by atoms with E-state index in [9.17, 15) is 4.79 Å². The quantitative estimate of drug-likeness (QED) is 0.905. The molecule has 0 aliphatic carbocycles. The number of aromatic nitrogens is 3. The average molecular weight is 279 g/mol. The predicted octanol–water partition coefficient (Wildman–Crippen LogP) is 1.27. The van der Waals surface area contributed by atoms with Gasteiger partial charge in [-0.05, 0) is 26.4 Å². The van der Waals surface area contributed by atoms with Crippen molar-refractivity contribution in [3.05, 3.63) is 11.6 Å². The van der Waals surface area contributed by atoms with Crippen LogP contribution in [0.4, 0.5) is 0 Å². The lowest BCUT2D eigenvalue weighted by Crippen LogP contribution is -2.39. The standard InChI is InChI=1S/C14H25N5O/c1-14(2,3)13-15-11(16-17-13)12(20)19(5)9-10-7-6-8-18(10)4/h10H,6-9H2,1-5H3,(H,15,16,17). The number of likely N-dealkylation sites (N-methyl/N-ethyl adjacent to an activating group) is 2. The highest BCUT2D eigenvalue weighted by Crippen LogP contribution is 2.18. The molecular weight excluding hydrogens is 254 g/mol. The number of H-pyrrole nitrogens is 1. The van der Waals surface area contributed by atoms with Crippen LogP contribution in [-0.4, -0.2) is 64.1 Å². The summed E-state index contributed by atoms with van der Waals surface area (Å²) in [6, 6.07) is 0.449. The van der Waals surface area contributed by atoms with Crippen molar-refractivity contribution >= 4 is 5.91 Å². The molecule has 2 rings (SSSR count).